The molecule has 5 heteroatoms. The summed E-state index contributed by atoms with van der Waals surface area (Å²) in [6.45, 7) is 6.37. The van der Waals surface area contributed by atoms with E-state index in [1.807, 2.05) is 0 Å². The molecule has 3 amide bonds. The molecule has 1 rings (SSSR count). The highest BCUT2D eigenvalue weighted by Crippen LogP contribution is 2.10. The first-order valence-corrected chi connectivity index (χ1v) is 6.26. The first kappa shape index (κ1) is 14.4. The molecule has 0 aromatic heterocycles. The van der Waals surface area contributed by atoms with Gasteiger partial charge in [0.2, 0.25) is 5.91 Å². The number of imide groups is 1. The monoisotopic (exact) mass is 251 g/mol. The van der Waals surface area contributed by atoms with Crippen molar-refractivity contribution in [3.05, 3.63) is 11.6 Å². The summed E-state index contributed by atoms with van der Waals surface area (Å²) < 4.78 is 0. The third kappa shape index (κ3) is 5.12. The van der Waals surface area contributed by atoms with Gasteiger partial charge in [0.25, 0.3) is 0 Å². The fourth-order valence-electron chi connectivity index (χ4n) is 1.62. The van der Waals surface area contributed by atoms with E-state index in [9.17, 15) is 9.59 Å². The van der Waals surface area contributed by atoms with Crippen LogP contribution in [0.25, 0.3) is 0 Å². The zero-order chi connectivity index (χ0) is 13.5. The van der Waals surface area contributed by atoms with Crippen molar-refractivity contribution in [1.29, 1.82) is 0 Å². The predicted molar refractivity (Wildman–Crippen MR) is 71.2 cm³/mol. The van der Waals surface area contributed by atoms with Crippen LogP contribution in [0.2, 0.25) is 0 Å². The Hall–Kier alpha value is -1.65. The van der Waals surface area contributed by atoms with Crippen molar-refractivity contribution in [2.24, 2.45) is 11.0 Å². The second kappa shape index (κ2) is 6.93. The highest BCUT2D eigenvalue weighted by Gasteiger charge is 2.25. The first-order chi connectivity index (χ1) is 8.49. The summed E-state index contributed by atoms with van der Waals surface area (Å²) in [5, 5.41) is 7.33. The van der Waals surface area contributed by atoms with E-state index >= 15 is 0 Å². The molecule has 0 spiro atoms. The van der Waals surface area contributed by atoms with Gasteiger partial charge >= 0.3 is 6.03 Å². The van der Waals surface area contributed by atoms with Gasteiger partial charge in [-0.1, -0.05) is 18.6 Å². The molecule has 0 saturated carbocycles. The lowest BCUT2D eigenvalue weighted by Crippen LogP contribution is -2.24. The lowest BCUT2D eigenvalue weighted by atomic mass is 10.0. The Morgan fingerprint density at radius 3 is 2.78 bits per heavy atom. The molecule has 5 nitrogen and oxygen atoms in total. The molecule has 1 aliphatic rings. The van der Waals surface area contributed by atoms with Gasteiger partial charge in [-0.3, -0.25) is 10.1 Å². The molecule has 1 unspecified atom stereocenters. The number of rotatable bonds is 6. The summed E-state index contributed by atoms with van der Waals surface area (Å²) in [7, 11) is 0. The van der Waals surface area contributed by atoms with Crippen LogP contribution >= 0.6 is 0 Å². The zero-order valence-corrected chi connectivity index (χ0v) is 11.3. The van der Waals surface area contributed by atoms with Crippen LogP contribution in [-0.4, -0.2) is 29.7 Å². The molecule has 0 radical (unpaired) electrons. The second-order valence-electron chi connectivity index (χ2n) is 4.91. The Labute approximate surface area is 108 Å². The van der Waals surface area contributed by atoms with Crippen molar-refractivity contribution in [1.82, 2.24) is 10.3 Å². The van der Waals surface area contributed by atoms with Crippen molar-refractivity contribution in [3.8, 4) is 0 Å². The minimum absolute atomic E-state index is 0.0292. The fourth-order valence-corrected chi connectivity index (χ4v) is 1.62. The van der Waals surface area contributed by atoms with Crippen LogP contribution in [0.1, 0.15) is 40.0 Å². The maximum Gasteiger partial charge on any atom is 0.344 e. The van der Waals surface area contributed by atoms with E-state index in [2.05, 4.69) is 37.3 Å². The quantitative estimate of drug-likeness (QED) is 0.447. The number of urea groups is 1. The highest BCUT2D eigenvalue weighted by molar-refractivity contribution is 6.01. The van der Waals surface area contributed by atoms with Crippen LogP contribution in [0.3, 0.4) is 0 Å². The van der Waals surface area contributed by atoms with Gasteiger partial charge in [0.15, 0.2) is 0 Å². The number of nitrogens with one attached hydrogen (secondary N) is 1. The van der Waals surface area contributed by atoms with E-state index in [4.69, 9.17) is 0 Å². The van der Waals surface area contributed by atoms with E-state index in [-0.39, 0.29) is 12.5 Å². The third-order valence-electron chi connectivity index (χ3n) is 2.72. The van der Waals surface area contributed by atoms with Gasteiger partial charge < -0.3 is 0 Å². The average Bonchev–Trinajstić information content (AvgIpc) is 2.57. The number of hydrogen-bond donors (Lipinski definition) is 1. The van der Waals surface area contributed by atoms with Gasteiger partial charge in [-0.2, -0.15) is 5.10 Å². The third-order valence-corrected chi connectivity index (χ3v) is 2.72. The van der Waals surface area contributed by atoms with Crippen LogP contribution in [0.5, 0.6) is 0 Å². The Bertz CT molecular complexity index is 370. The van der Waals surface area contributed by atoms with Crippen molar-refractivity contribution in [2.75, 3.05) is 6.54 Å². The molecule has 1 N–H and O–H groups in total. The number of hydrogen-bond acceptors (Lipinski definition) is 3. The van der Waals surface area contributed by atoms with Gasteiger partial charge in [-0.05, 0) is 39.0 Å². The molecule has 0 aliphatic carbocycles. The summed E-state index contributed by atoms with van der Waals surface area (Å²) in [6.07, 6.45) is 6.92. The molecule has 0 aromatic carbocycles. The van der Waals surface area contributed by atoms with Gasteiger partial charge in [0, 0.05) is 6.21 Å². The van der Waals surface area contributed by atoms with Crippen molar-refractivity contribution in [2.45, 2.75) is 40.0 Å². The molecule has 1 aliphatic heterocycles. The molecular weight excluding hydrogens is 230 g/mol. The first-order valence-electron chi connectivity index (χ1n) is 6.26. The van der Waals surface area contributed by atoms with E-state index < -0.39 is 6.03 Å². The minimum Gasteiger partial charge on any atom is -0.275 e. The molecule has 1 atom stereocenters. The summed E-state index contributed by atoms with van der Waals surface area (Å²) >= 11 is 0. The Morgan fingerprint density at radius 2 is 2.22 bits per heavy atom. The van der Waals surface area contributed by atoms with E-state index in [1.165, 1.54) is 5.57 Å². The van der Waals surface area contributed by atoms with Crippen LogP contribution < -0.4 is 5.32 Å². The summed E-state index contributed by atoms with van der Waals surface area (Å²) in [5.41, 5.74) is 1.34. The largest absolute Gasteiger partial charge is 0.344 e. The number of nitrogens with zero attached hydrogens (tertiary/aromatic N) is 2. The Morgan fingerprint density at radius 1 is 1.50 bits per heavy atom. The maximum atomic E-state index is 11.2. The van der Waals surface area contributed by atoms with Crippen molar-refractivity contribution in [3.63, 3.8) is 0 Å². The lowest BCUT2D eigenvalue weighted by molar-refractivity contribution is -0.118. The van der Waals surface area contributed by atoms with Crippen molar-refractivity contribution >= 4 is 18.2 Å². The Balaban J connectivity index is 2.25. The smallest absolute Gasteiger partial charge is 0.275 e. The second-order valence-corrected chi connectivity index (χ2v) is 4.91. The van der Waals surface area contributed by atoms with Gasteiger partial charge in [-0.25, -0.2) is 9.80 Å². The average molecular weight is 251 g/mol. The molecule has 1 heterocycles. The molecule has 0 bridgehead atoms. The number of allylic oxidation sites excluding steroid dienone is 2. The fraction of sp³-hybridized carbons (Fsp3) is 0.615. The zero-order valence-electron chi connectivity index (χ0n) is 11.3. The number of carbonyl (C=O) groups excluding carboxylic acids is 2. The standard InChI is InChI=1S/C13H21N3O2/c1-10(2)5-4-6-11(3)7-8-14-16-9-12(17)15-13(16)18/h5,8,11H,4,6-7,9H2,1-3H3,(H,15,17,18). The van der Waals surface area contributed by atoms with Crippen LogP contribution in [-0.2, 0) is 4.79 Å². The Kier molecular flexibility index (Phi) is 5.55. The summed E-state index contributed by atoms with van der Waals surface area (Å²) in [4.78, 5) is 22.1. The SMILES string of the molecule is CC(C)=CCCC(C)CC=NN1CC(=O)NC1=O. The van der Waals surface area contributed by atoms with Crippen molar-refractivity contribution < 1.29 is 9.59 Å². The molecule has 18 heavy (non-hydrogen) atoms. The number of hydrazone groups is 1. The normalized spacial score (nSPS) is 17.2. The molecule has 0 aromatic rings. The van der Waals surface area contributed by atoms with Gasteiger partial charge in [0.05, 0.1) is 0 Å². The molecular formula is C13H21N3O2. The maximum absolute atomic E-state index is 11.2. The molecule has 1 saturated heterocycles. The van der Waals surface area contributed by atoms with E-state index in [0.717, 1.165) is 24.3 Å². The van der Waals surface area contributed by atoms with Gasteiger partial charge in [0.1, 0.15) is 6.54 Å². The van der Waals surface area contributed by atoms with Crippen LogP contribution in [0, 0.1) is 5.92 Å². The topological polar surface area (TPSA) is 61.8 Å². The number of carbonyl (C=O) groups is 2. The summed E-state index contributed by atoms with van der Waals surface area (Å²) in [5.74, 6) is 0.222. The lowest BCUT2D eigenvalue weighted by Gasteiger charge is -2.08. The summed E-state index contributed by atoms with van der Waals surface area (Å²) in [6, 6.07) is -0.437. The molecule has 1 fully saturated rings. The molecule has 100 valence electrons. The van der Waals surface area contributed by atoms with Crippen LogP contribution in [0.15, 0.2) is 16.8 Å². The number of amides is 3. The predicted octanol–water partition coefficient (Wildman–Crippen LogP) is 2.30. The van der Waals surface area contributed by atoms with E-state index in [1.54, 1.807) is 6.21 Å². The highest BCUT2D eigenvalue weighted by atomic mass is 16.2. The van der Waals surface area contributed by atoms with Crippen LogP contribution in [0.4, 0.5) is 4.79 Å². The van der Waals surface area contributed by atoms with E-state index in [0.29, 0.717) is 5.92 Å². The minimum atomic E-state index is -0.437. The van der Waals surface area contributed by atoms with Gasteiger partial charge in [-0.15, -0.1) is 0 Å².